The molecule has 0 bridgehead atoms. The molecule has 0 atom stereocenters. The molecule has 1 aliphatic carbocycles. The highest BCUT2D eigenvalue weighted by Crippen LogP contribution is 2.31. The smallest absolute Gasteiger partial charge is 0.303 e. The van der Waals surface area contributed by atoms with E-state index in [-0.39, 0.29) is 6.42 Å². The van der Waals surface area contributed by atoms with Crippen LogP contribution in [0.1, 0.15) is 61.7 Å². The Morgan fingerprint density at radius 2 is 2.06 bits per heavy atom. The van der Waals surface area contributed by atoms with Gasteiger partial charge in [-0.15, -0.1) is 0 Å². The van der Waals surface area contributed by atoms with Crippen LogP contribution in [0, 0.1) is 6.92 Å². The largest absolute Gasteiger partial charge is 0.481 e. The molecule has 1 aromatic rings. The summed E-state index contributed by atoms with van der Waals surface area (Å²) in [6.07, 6.45) is 6.82. The van der Waals surface area contributed by atoms with E-state index in [0.29, 0.717) is 18.2 Å². The monoisotopic (exact) mass is 248 g/mol. The normalized spacial score (nSPS) is 16.7. The average Bonchev–Trinajstić information content (AvgIpc) is 2.37. The number of rotatable bonds is 4. The molecule has 0 unspecified atom stereocenters. The first-order valence-corrected chi connectivity index (χ1v) is 6.71. The number of aliphatic carboxylic acids is 1. The Labute approximate surface area is 107 Å². The molecule has 4 heteroatoms. The number of aromatic nitrogens is 2. The lowest BCUT2D eigenvalue weighted by Gasteiger charge is -2.21. The molecule has 0 spiro atoms. The van der Waals surface area contributed by atoms with Crippen molar-refractivity contribution in [2.75, 3.05) is 0 Å². The number of hydrogen-bond acceptors (Lipinski definition) is 3. The lowest BCUT2D eigenvalue weighted by Crippen LogP contribution is -2.10. The van der Waals surface area contributed by atoms with Crippen LogP contribution in [-0.2, 0) is 11.2 Å². The van der Waals surface area contributed by atoms with Crippen molar-refractivity contribution in [1.82, 2.24) is 9.97 Å². The topological polar surface area (TPSA) is 63.1 Å². The van der Waals surface area contributed by atoms with Crippen LogP contribution in [0.5, 0.6) is 0 Å². The SMILES string of the molecule is Cc1cc(C2CCCCC2)nc(CCC(=O)O)n1. The molecule has 1 saturated carbocycles. The van der Waals surface area contributed by atoms with E-state index < -0.39 is 5.97 Å². The second-order valence-corrected chi connectivity index (χ2v) is 5.08. The molecule has 0 aliphatic heterocycles. The zero-order valence-electron chi connectivity index (χ0n) is 10.9. The van der Waals surface area contributed by atoms with Gasteiger partial charge in [-0.05, 0) is 25.8 Å². The molecule has 2 rings (SSSR count). The van der Waals surface area contributed by atoms with Gasteiger partial charge < -0.3 is 5.11 Å². The maximum atomic E-state index is 10.6. The van der Waals surface area contributed by atoms with Crippen LogP contribution >= 0.6 is 0 Å². The molecule has 1 aliphatic rings. The second kappa shape index (κ2) is 5.94. The summed E-state index contributed by atoms with van der Waals surface area (Å²) in [6.45, 7) is 1.96. The summed E-state index contributed by atoms with van der Waals surface area (Å²) >= 11 is 0. The third-order valence-corrected chi connectivity index (χ3v) is 3.51. The van der Waals surface area contributed by atoms with Crippen molar-refractivity contribution < 1.29 is 9.90 Å². The Hall–Kier alpha value is -1.45. The van der Waals surface area contributed by atoms with E-state index in [1.54, 1.807) is 0 Å². The average molecular weight is 248 g/mol. The van der Waals surface area contributed by atoms with Crippen LogP contribution in [0.2, 0.25) is 0 Å². The van der Waals surface area contributed by atoms with Crippen molar-refractivity contribution in [2.45, 2.75) is 57.8 Å². The summed E-state index contributed by atoms with van der Waals surface area (Å²) in [5.41, 5.74) is 2.06. The zero-order chi connectivity index (χ0) is 13.0. The van der Waals surface area contributed by atoms with Gasteiger partial charge in [-0.25, -0.2) is 9.97 Å². The van der Waals surface area contributed by atoms with Crippen LogP contribution in [0.4, 0.5) is 0 Å². The molecule has 0 radical (unpaired) electrons. The highest BCUT2D eigenvalue weighted by Gasteiger charge is 2.18. The third-order valence-electron chi connectivity index (χ3n) is 3.51. The molecular formula is C14H20N2O2. The summed E-state index contributed by atoms with van der Waals surface area (Å²) in [7, 11) is 0. The van der Waals surface area contributed by atoms with Crippen molar-refractivity contribution in [1.29, 1.82) is 0 Å². The molecule has 98 valence electrons. The van der Waals surface area contributed by atoms with Gasteiger partial charge in [-0.2, -0.15) is 0 Å². The van der Waals surface area contributed by atoms with Gasteiger partial charge in [0.15, 0.2) is 0 Å². The minimum atomic E-state index is -0.792. The van der Waals surface area contributed by atoms with E-state index in [4.69, 9.17) is 5.11 Å². The Balaban J connectivity index is 2.12. The first kappa shape index (κ1) is 13.0. The minimum absolute atomic E-state index is 0.105. The first-order chi connectivity index (χ1) is 8.65. The fraction of sp³-hybridized carbons (Fsp3) is 0.643. The van der Waals surface area contributed by atoms with Crippen molar-refractivity contribution in [3.05, 3.63) is 23.3 Å². The molecule has 4 nitrogen and oxygen atoms in total. The molecular weight excluding hydrogens is 228 g/mol. The van der Waals surface area contributed by atoms with Crippen LogP contribution < -0.4 is 0 Å². The molecule has 1 fully saturated rings. The van der Waals surface area contributed by atoms with Crippen LogP contribution in [0.3, 0.4) is 0 Å². The molecule has 0 aromatic carbocycles. The van der Waals surface area contributed by atoms with E-state index in [1.807, 2.05) is 6.92 Å². The van der Waals surface area contributed by atoms with Crippen molar-refractivity contribution >= 4 is 5.97 Å². The van der Waals surface area contributed by atoms with Gasteiger partial charge in [0.1, 0.15) is 5.82 Å². The maximum absolute atomic E-state index is 10.6. The van der Waals surface area contributed by atoms with Gasteiger partial charge in [0.2, 0.25) is 0 Å². The number of aryl methyl sites for hydroxylation is 2. The van der Waals surface area contributed by atoms with E-state index in [0.717, 1.165) is 11.4 Å². The van der Waals surface area contributed by atoms with Gasteiger partial charge in [-0.3, -0.25) is 4.79 Å². The van der Waals surface area contributed by atoms with Crippen LogP contribution in [0.25, 0.3) is 0 Å². The van der Waals surface area contributed by atoms with Gasteiger partial charge in [0, 0.05) is 23.7 Å². The lowest BCUT2D eigenvalue weighted by molar-refractivity contribution is -0.137. The van der Waals surface area contributed by atoms with Crippen LogP contribution in [0.15, 0.2) is 6.07 Å². The highest BCUT2D eigenvalue weighted by molar-refractivity contribution is 5.66. The van der Waals surface area contributed by atoms with E-state index in [2.05, 4.69) is 16.0 Å². The molecule has 1 heterocycles. The predicted molar refractivity (Wildman–Crippen MR) is 68.6 cm³/mol. The number of carbonyl (C=O) groups is 1. The number of carboxylic acid groups (broad SMARTS) is 1. The van der Waals surface area contributed by atoms with Crippen molar-refractivity contribution in [3.63, 3.8) is 0 Å². The van der Waals surface area contributed by atoms with E-state index in [9.17, 15) is 4.79 Å². The molecule has 1 aromatic heterocycles. The zero-order valence-corrected chi connectivity index (χ0v) is 10.9. The Morgan fingerprint density at radius 1 is 1.33 bits per heavy atom. The number of carboxylic acids is 1. The predicted octanol–water partition coefficient (Wildman–Crippen LogP) is 2.85. The summed E-state index contributed by atoms with van der Waals surface area (Å²) in [5, 5.41) is 8.71. The van der Waals surface area contributed by atoms with Crippen molar-refractivity contribution in [3.8, 4) is 0 Å². The number of nitrogens with zero attached hydrogens (tertiary/aromatic N) is 2. The molecule has 1 N–H and O–H groups in total. The molecule has 0 amide bonds. The summed E-state index contributed by atoms with van der Waals surface area (Å²) in [6, 6.07) is 2.06. The fourth-order valence-electron chi connectivity index (χ4n) is 2.59. The fourth-order valence-corrected chi connectivity index (χ4v) is 2.59. The quantitative estimate of drug-likeness (QED) is 0.890. The lowest BCUT2D eigenvalue weighted by atomic mass is 9.86. The minimum Gasteiger partial charge on any atom is -0.481 e. The first-order valence-electron chi connectivity index (χ1n) is 6.71. The summed E-state index contributed by atoms with van der Waals surface area (Å²) in [4.78, 5) is 19.5. The Bertz CT molecular complexity index is 426. The Kier molecular flexibility index (Phi) is 4.28. The third kappa shape index (κ3) is 3.52. The Morgan fingerprint density at radius 3 is 2.72 bits per heavy atom. The van der Waals surface area contributed by atoms with Gasteiger partial charge in [0.05, 0.1) is 6.42 Å². The maximum Gasteiger partial charge on any atom is 0.303 e. The second-order valence-electron chi connectivity index (χ2n) is 5.08. The van der Waals surface area contributed by atoms with Gasteiger partial charge in [-0.1, -0.05) is 19.3 Å². The highest BCUT2D eigenvalue weighted by atomic mass is 16.4. The standard InChI is InChI=1S/C14H20N2O2/c1-10-9-12(11-5-3-2-4-6-11)16-13(15-10)7-8-14(17)18/h9,11H,2-8H2,1H3,(H,17,18). The van der Waals surface area contributed by atoms with Crippen molar-refractivity contribution in [2.24, 2.45) is 0 Å². The summed E-state index contributed by atoms with van der Waals surface area (Å²) < 4.78 is 0. The molecule has 18 heavy (non-hydrogen) atoms. The summed E-state index contributed by atoms with van der Waals surface area (Å²) in [5.74, 6) is 0.432. The molecule has 0 saturated heterocycles. The van der Waals surface area contributed by atoms with E-state index >= 15 is 0 Å². The van der Waals surface area contributed by atoms with Crippen LogP contribution in [-0.4, -0.2) is 21.0 Å². The van der Waals surface area contributed by atoms with Gasteiger partial charge in [0.25, 0.3) is 0 Å². The number of hydrogen-bond donors (Lipinski definition) is 1. The van der Waals surface area contributed by atoms with Gasteiger partial charge >= 0.3 is 5.97 Å². The van der Waals surface area contributed by atoms with E-state index in [1.165, 1.54) is 32.1 Å².